The number of amides is 2. The van der Waals surface area contributed by atoms with Gasteiger partial charge >= 0.3 is 0 Å². The van der Waals surface area contributed by atoms with Crippen molar-refractivity contribution in [2.24, 2.45) is 0 Å². The van der Waals surface area contributed by atoms with Crippen LogP contribution in [0.5, 0.6) is 0 Å². The fraction of sp³-hybridized carbons (Fsp3) is 0.259. The first kappa shape index (κ1) is 22.3. The zero-order chi connectivity index (χ0) is 21.9. The van der Waals surface area contributed by atoms with E-state index in [0.717, 1.165) is 24.0 Å². The number of carbonyl (C=O) groups excluding carboxylic acids is 2. The average Bonchev–Trinajstić information content (AvgIpc) is 2.83. The molecule has 4 heteroatoms. The zero-order valence-corrected chi connectivity index (χ0v) is 18.0. The molecule has 0 bridgehead atoms. The summed E-state index contributed by atoms with van der Waals surface area (Å²) in [7, 11) is 0. The molecule has 0 aliphatic heterocycles. The van der Waals surface area contributed by atoms with E-state index in [0.29, 0.717) is 5.56 Å². The molecule has 4 nitrogen and oxygen atoms in total. The normalized spacial score (nSPS) is 10.6. The van der Waals surface area contributed by atoms with Crippen LogP contribution in [0.15, 0.2) is 84.9 Å². The van der Waals surface area contributed by atoms with Gasteiger partial charge in [-0.15, -0.1) is 0 Å². The van der Waals surface area contributed by atoms with Crippen molar-refractivity contribution in [3.63, 3.8) is 0 Å². The molecule has 3 rings (SSSR count). The number of benzene rings is 3. The van der Waals surface area contributed by atoms with E-state index in [1.165, 1.54) is 18.4 Å². The Bertz CT molecular complexity index is 914. The number of aryl methyl sites for hydroxylation is 1. The number of nitrogens with one attached hydrogen (secondary N) is 2. The highest BCUT2D eigenvalue weighted by molar-refractivity contribution is 5.96. The van der Waals surface area contributed by atoms with Crippen LogP contribution in [0.25, 0.3) is 0 Å². The minimum absolute atomic E-state index is 0.0761. The Hall–Kier alpha value is -3.40. The Balaban J connectivity index is 1.57. The molecular weight excluding hydrogens is 384 g/mol. The van der Waals surface area contributed by atoms with Crippen LogP contribution in [0.3, 0.4) is 0 Å². The lowest BCUT2D eigenvalue weighted by Crippen LogP contribution is -2.39. The molecule has 2 amide bonds. The molecule has 0 aliphatic carbocycles. The van der Waals surface area contributed by atoms with Gasteiger partial charge in [0.2, 0.25) is 5.91 Å². The van der Waals surface area contributed by atoms with Gasteiger partial charge in [-0.2, -0.15) is 0 Å². The molecule has 0 atom stereocenters. The second-order valence-electron chi connectivity index (χ2n) is 7.66. The van der Waals surface area contributed by atoms with Crippen LogP contribution in [-0.4, -0.2) is 18.4 Å². The Morgan fingerprint density at radius 2 is 1.35 bits per heavy atom. The molecule has 3 aromatic carbocycles. The molecular formula is C27H30N2O2. The SMILES string of the molecule is CCCCCc1ccc(C(=O)NCC(=O)NC(c2ccccc2)c2ccccc2)cc1. The Morgan fingerprint density at radius 3 is 1.90 bits per heavy atom. The maximum atomic E-state index is 12.6. The molecule has 0 heterocycles. The van der Waals surface area contributed by atoms with Crippen molar-refractivity contribution in [2.75, 3.05) is 6.54 Å². The lowest BCUT2D eigenvalue weighted by molar-refractivity contribution is -0.120. The van der Waals surface area contributed by atoms with Crippen molar-refractivity contribution in [3.05, 3.63) is 107 Å². The second kappa shape index (κ2) is 11.7. The summed E-state index contributed by atoms with van der Waals surface area (Å²) in [6, 6.07) is 27.0. The van der Waals surface area contributed by atoms with E-state index in [1.807, 2.05) is 84.9 Å². The molecule has 0 saturated carbocycles. The van der Waals surface area contributed by atoms with Gasteiger partial charge in [0.15, 0.2) is 0 Å². The summed E-state index contributed by atoms with van der Waals surface area (Å²) in [5, 5.41) is 5.77. The molecule has 2 N–H and O–H groups in total. The predicted octanol–water partition coefficient (Wildman–Crippen LogP) is 5.05. The van der Waals surface area contributed by atoms with Gasteiger partial charge in [-0.3, -0.25) is 9.59 Å². The fourth-order valence-corrected chi connectivity index (χ4v) is 3.53. The summed E-state index contributed by atoms with van der Waals surface area (Å²) < 4.78 is 0. The third-order valence-corrected chi connectivity index (χ3v) is 5.27. The van der Waals surface area contributed by atoms with Crippen LogP contribution in [0.2, 0.25) is 0 Å². The first-order chi connectivity index (χ1) is 15.2. The Labute approximate surface area is 184 Å². The first-order valence-corrected chi connectivity index (χ1v) is 10.9. The highest BCUT2D eigenvalue weighted by Crippen LogP contribution is 2.21. The maximum absolute atomic E-state index is 12.6. The van der Waals surface area contributed by atoms with Crippen molar-refractivity contribution in [1.29, 1.82) is 0 Å². The van der Waals surface area contributed by atoms with Crippen molar-refractivity contribution in [3.8, 4) is 0 Å². The van der Waals surface area contributed by atoms with Gasteiger partial charge in [-0.1, -0.05) is 92.6 Å². The topological polar surface area (TPSA) is 58.2 Å². The van der Waals surface area contributed by atoms with Crippen molar-refractivity contribution in [2.45, 2.75) is 38.6 Å². The lowest BCUT2D eigenvalue weighted by Gasteiger charge is -2.20. The van der Waals surface area contributed by atoms with Gasteiger partial charge in [0.1, 0.15) is 0 Å². The zero-order valence-electron chi connectivity index (χ0n) is 18.0. The van der Waals surface area contributed by atoms with Gasteiger partial charge < -0.3 is 10.6 Å². The van der Waals surface area contributed by atoms with Gasteiger partial charge in [0.25, 0.3) is 5.91 Å². The lowest BCUT2D eigenvalue weighted by atomic mass is 9.99. The first-order valence-electron chi connectivity index (χ1n) is 10.9. The fourth-order valence-electron chi connectivity index (χ4n) is 3.53. The maximum Gasteiger partial charge on any atom is 0.251 e. The molecule has 31 heavy (non-hydrogen) atoms. The van der Waals surface area contributed by atoms with E-state index >= 15 is 0 Å². The highest BCUT2D eigenvalue weighted by atomic mass is 16.2. The van der Waals surface area contributed by atoms with E-state index in [1.54, 1.807) is 0 Å². The number of unbranched alkanes of at least 4 members (excludes halogenated alkanes) is 2. The largest absolute Gasteiger partial charge is 0.344 e. The molecule has 0 aromatic heterocycles. The molecule has 0 fully saturated rings. The van der Waals surface area contributed by atoms with Crippen LogP contribution in [0.4, 0.5) is 0 Å². The van der Waals surface area contributed by atoms with Gasteiger partial charge in [0, 0.05) is 5.56 Å². The number of hydrogen-bond acceptors (Lipinski definition) is 2. The second-order valence-corrected chi connectivity index (χ2v) is 7.66. The molecule has 0 radical (unpaired) electrons. The van der Waals surface area contributed by atoms with E-state index in [4.69, 9.17) is 0 Å². The average molecular weight is 415 g/mol. The molecule has 0 aliphatic rings. The van der Waals surface area contributed by atoms with Crippen LogP contribution in [-0.2, 0) is 11.2 Å². The van der Waals surface area contributed by atoms with Crippen molar-refractivity contribution < 1.29 is 9.59 Å². The summed E-state index contributed by atoms with van der Waals surface area (Å²) in [5.74, 6) is -0.478. The number of carbonyl (C=O) groups is 2. The van der Waals surface area contributed by atoms with E-state index in [2.05, 4.69) is 17.6 Å². The summed E-state index contributed by atoms with van der Waals surface area (Å²) in [4.78, 5) is 25.1. The molecule has 0 spiro atoms. The van der Waals surface area contributed by atoms with Gasteiger partial charge in [-0.05, 0) is 41.7 Å². The highest BCUT2D eigenvalue weighted by Gasteiger charge is 2.17. The monoisotopic (exact) mass is 414 g/mol. The summed E-state index contributed by atoms with van der Waals surface area (Å²) in [6.45, 7) is 2.11. The molecule has 160 valence electrons. The minimum Gasteiger partial charge on any atom is -0.344 e. The van der Waals surface area contributed by atoms with Crippen LogP contribution >= 0.6 is 0 Å². The van der Waals surface area contributed by atoms with Crippen molar-refractivity contribution in [1.82, 2.24) is 10.6 Å². The van der Waals surface area contributed by atoms with E-state index < -0.39 is 0 Å². The van der Waals surface area contributed by atoms with Crippen LogP contribution in [0.1, 0.15) is 59.3 Å². The molecule has 3 aromatic rings. The smallest absolute Gasteiger partial charge is 0.251 e. The number of hydrogen-bond donors (Lipinski definition) is 2. The summed E-state index contributed by atoms with van der Waals surface area (Å²) in [6.07, 6.45) is 4.59. The Kier molecular flexibility index (Phi) is 8.41. The third-order valence-electron chi connectivity index (χ3n) is 5.27. The van der Waals surface area contributed by atoms with Crippen LogP contribution in [0, 0.1) is 0 Å². The third kappa shape index (κ3) is 6.82. The summed E-state index contributed by atoms with van der Waals surface area (Å²) >= 11 is 0. The predicted molar refractivity (Wildman–Crippen MR) is 125 cm³/mol. The van der Waals surface area contributed by atoms with Gasteiger partial charge in [-0.25, -0.2) is 0 Å². The summed E-state index contributed by atoms with van der Waals surface area (Å²) in [5.41, 5.74) is 3.78. The number of rotatable bonds is 10. The minimum atomic E-state index is -0.269. The molecule has 0 unspecified atom stereocenters. The van der Waals surface area contributed by atoms with Crippen LogP contribution < -0.4 is 10.6 Å². The van der Waals surface area contributed by atoms with Gasteiger partial charge in [0.05, 0.1) is 12.6 Å². The molecule has 0 saturated heterocycles. The quantitative estimate of drug-likeness (QED) is 0.456. The Morgan fingerprint density at radius 1 is 0.774 bits per heavy atom. The van der Waals surface area contributed by atoms with E-state index in [-0.39, 0.29) is 24.4 Å². The van der Waals surface area contributed by atoms with Crippen molar-refractivity contribution >= 4 is 11.8 Å². The standard InChI is InChI=1S/C27H30N2O2/c1-2-3-6-11-21-16-18-24(19-17-21)27(31)28-20-25(30)29-26(22-12-7-4-8-13-22)23-14-9-5-10-15-23/h4-5,7-10,12-19,26H,2-3,6,11,20H2,1H3,(H,28,31)(H,29,30). The van der Waals surface area contributed by atoms with E-state index in [9.17, 15) is 9.59 Å².